The maximum Gasteiger partial charge on any atom is 0.0429 e. The number of likely N-dealkylation sites (N-methyl/N-ethyl adjacent to an activating group) is 1. The molecular formula is C11H15ClN2. The van der Waals surface area contributed by atoms with Gasteiger partial charge in [-0.1, -0.05) is 17.7 Å². The van der Waals surface area contributed by atoms with E-state index >= 15 is 0 Å². The highest BCUT2D eigenvalue weighted by atomic mass is 35.5. The highest BCUT2D eigenvalue weighted by Crippen LogP contribution is 2.28. The minimum Gasteiger partial charge on any atom is -0.380 e. The first-order chi connectivity index (χ1) is 6.65. The van der Waals surface area contributed by atoms with Gasteiger partial charge in [-0.3, -0.25) is 0 Å². The molecule has 3 heteroatoms. The standard InChI is InChI=1S/C11H15ClN2/c1-14(2)7-10-5-8-3-4-9(12)6-11(8)13-10/h3-4,6,10,13H,5,7H2,1-2H3. The van der Waals surface area contributed by atoms with Gasteiger partial charge < -0.3 is 10.2 Å². The summed E-state index contributed by atoms with van der Waals surface area (Å²) >= 11 is 5.93. The second-order valence-electron chi connectivity index (χ2n) is 4.11. The fourth-order valence-corrected chi connectivity index (χ4v) is 2.12. The molecule has 0 amide bonds. The van der Waals surface area contributed by atoms with Gasteiger partial charge in [-0.15, -0.1) is 0 Å². The molecule has 0 saturated heterocycles. The fourth-order valence-electron chi connectivity index (χ4n) is 1.95. The molecule has 0 bridgehead atoms. The Hall–Kier alpha value is -0.730. The lowest BCUT2D eigenvalue weighted by atomic mass is 10.1. The van der Waals surface area contributed by atoms with Crippen LogP contribution in [0.4, 0.5) is 5.69 Å². The molecule has 0 fully saturated rings. The first-order valence-corrected chi connectivity index (χ1v) is 5.22. The van der Waals surface area contributed by atoms with Gasteiger partial charge in [0.05, 0.1) is 0 Å². The Balaban J connectivity index is 2.10. The van der Waals surface area contributed by atoms with Crippen LogP contribution < -0.4 is 5.32 Å². The van der Waals surface area contributed by atoms with Crippen LogP contribution in [-0.2, 0) is 6.42 Å². The predicted octanol–water partition coefficient (Wildman–Crippen LogP) is 2.24. The van der Waals surface area contributed by atoms with E-state index in [1.165, 1.54) is 11.3 Å². The van der Waals surface area contributed by atoms with E-state index in [1.54, 1.807) is 0 Å². The summed E-state index contributed by atoms with van der Waals surface area (Å²) in [6.07, 6.45) is 1.10. The Bertz CT molecular complexity index is 336. The number of fused-ring (bicyclic) bond motifs is 1. The molecule has 1 heterocycles. The van der Waals surface area contributed by atoms with Gasteiger partial charge in [0.2, 0.25) is 0 Å². The number of nitrogens with zero attached hydrogens (tertiary/aromatic N) is 1. The van der Waals surface area contributed by atoms with Crippen molar-refractivity contribution in [3.63, 3.8) is 0 Å². The molecule has 14 heavy (non-hydrogen) atoms. The van der Waals surface area contributed by atoms with E-state index in [1.807, 2.05) is 12.1 Å². The molecule has 0 aromatic heterocycles. The molecule has 1 N–H and O–H groups in total. The lowest BCUT2D eigenvalue weighted by molar-refractivity contribution is 0.386. The van der Waals surface area contributed by atoms with Gasteiger partial charge in [0, 0.05) is 23.3 Å². The van der Waals surface area contributed by atoms with Gasteiger partial charge in [0.15, 0.2) is 0 Å². The summed E-state index contributed by atoms with van der Waals surface area (Å²) in [4.78, 5) is 2.20. The number of anilines is 1. The number of halogens is 1. The Labute approximate surface area is 89.9 Å². The van der Waals surface area contributed by atoms with Gasteiger partial charge in [-0.2, -0.15) is 0 Å². The van der Waals surface area contributed by atoms with Crippen molar-refractivity contribution in [3.05, 3.63) is 28.8 Å². The van der Waals surface area contributed by atoms with E-state index in [-0.39, 0.29) is 0 Å². The Morgan fingerprint density at radius 1 is 1.50 bits per heavy atom. The van der Waals surface area contributed by atoms with Crippen LogP contribution in [0.2, 0.25) is 5.02 Å². The van der Waals surface area contributed by atoms with Crippen LogP contribution in [0.15, 0.2) is 18.2 Å². The monoisotopic (exact) mass is 210 g/mol. The molecule has 0 saturated carbocycles. The number of hydrogen-bond donors (Lipinski definition) is 1. The number of rotatable bonds is 2. The van der Waals surface area contributed by atoms with Crippen molar-refractivity contribution in [1.82, 2.24) is 4.90 Å². The molecular weight excluding hydrogens is 196 g/mol. The van der Waals surface area contributed by atoms with Crippen LogP contribution in [0.3, 0.4) is 0 Å². The lowest BCUT2D eigenvalue weighted by Crippen LogP contribution is -2.30. The molecule has 1 unspecified atom stereocenters. The van der Waals surface area contributed by atoms with Crippen LogP contribution in [0, 0.1) is 0 Å². The van der Waals surface area contributed by atoms with Gasteiger partial charge in [-0.05, 0) is 38.2 Å². The largest absolute Gasteiger partial charge is 0.380 e. The van der Waals surface area contributed by atoms with Gasteiger partial charge in [-0.25, -0.2) is 0 Å². The van der Waals surface area contributed by atoms with E-state index in [2.05, 4.69) is 30.4 Å². The zero-order valence-electron chi connectivity index (χ0n) is 8.55. The first kappa shape index (κ1) is 9.81. The topological polar surface area (TPSA) is 15.3 Å². The maximum absolute atomic E-state index is 5.93. The minimum atomic E-state index is 0.526. The van der Waals surface area contributed by atoms with Gasteiger partial charge >= 0.3 is 0 Å². The van der Waals surface area contributed by atoms with Crippen LogP contribution >= 0.6 is 11.6 Å². The highest BCUT2D eigenvalue weighted by Gasteiger charge is 2.20. The van der Waals surface area contributed by atoms with Crippen molar-refractivity contribution < 1.29 is 0 Å². The Morgan fingerprint density at radius 2 is 2.29 bits per heavy atom. The van der Waals surface area contributed by atoms with Crippen LogP contribution in [0.5, 0.6) is 0 Å². The SMILES string of the molecule is CN(C)CC1Cc2ccc(Cl)cc2N1. The van der Waals surface area contributed by atoms with Crippen LogP contribution in [-0.4, -0.2) is 31.6 Å². The van der Waals surface area contributed by atoms with E-state index in [0.717, 1.165) is 18.0 Å². The number of nitrogens with one attached hydrogen (secondary N) is 1. The molecule has 1 aromatic rings. The number of benzene rings is 1. The van der Waals surface area contributed by atoms with Crippen molar-refractivity contribution in [2.24, 2.45) is 0 Å². The molecule has 2 rings (SSSR count). The molecule has 1 atom stereocenters. The molecule has 2 nitrogen and oxygen atoms in total. The predicted molar refractivity (Wildman–Crippen MR) is 61.1 cm³/mol. The van der Waals surface area contributed by atoms with Crippen LogP contribution in [0.25, 0.3) is 0 Å². The Morgan fingerprint density at radius 3 is 3.00 bits per heavy atom. The van der Waals surface area contributed by atoms with Crippen molar-refractivity contribution in [1.29, 1.82) is 0 Å². The zero-order valence-corrected chi connectivity index (χ0v) is 9.30. The minimum absolute atomic E-state index is 0.526. The van der Waals surface area contributed by atoms with E-state index in [0.29, 0.717) is 6.04 Å². The van der Waals surface area contributed by atoms with Crippen molar-refractivity contribution in [2.75, 3.05) is 26.0 Å². The summed E-state index contributed by atoms with van der Waals surface area (Å²) in [7, 11) is 4.19. The second-order valence-corrected chi connectivity index (χ2v) is 4.55. The van der Waals surface area contributed by atoms with E-state index in [9.17, 15) is 0 Å². The summed E-state index contributed by atoms with van der Waals surface area (Å²) in [5.74, 6) is 0. The van der Waals surface area contributed by atoms with Gasteiger partial charge in [0.25, 0.3) is 0 Å². The third-order valence-electron chi connectivity index (χ3n) is 2.48. The normalized spacial score (nSPS) is 19.6. The third-order valence-corrected chi connectivity index (χ3v) is 2.72. The van der Waals surface area contributed by atoms with Crippen molar-refractivity contribution in [3.8, 4) is 0 Å². The molecule has 0 aliphatic carbocycles. The summed E-state index contributed by atoms with van der Waals surface area (Å²) < 4.78 is 0. The molecule has 1 aliphatic rings. The molecule has 76 valence electrons. The lowest BCUT2D eigenvalue weighted by Gasteiger charge is -2.16. The first-order valence-electron chi connectivity index (χ1n) is 4.85. The molecule has 0 spiro atoms. The fraction of sp³-hybridized carbons (Fsp3) is 0.455. The summed E-state index contributed by atoms with van der Waals surface area (Å²) in [5.41, 5.74) is 2.57. The van der Waals surface area contributed by atoms with E-state index in [4.69, 9.17) is 11.6 Å². The molecule has 0 radical (unpaired) electrons. The van der Waals surface area contributed by atoms with Crippen LogP contribution in [0.1, 0.15) is 5.56 Å². The summed E-state index contributed by atoms with van der Waals surface area (Å²) in [5, 5.41) is 4.29. The average Bonchev–Trinajstić information content (AvgIpc) is 2.44. The van der Waals surface area contributed by atoms with Crippen molar-refractivity contribution >= 4 is 17.3 Å². The van der Waals surface area contributed by atoms with Crippen molar-refractivity contribution in [2.45, 2.75) is 12.5 Å². The summed E-state index contributed by atoms with van der Waals surface area (Å²) in [6, 6.07) is 6.60. The van der Waals surface area contributed by atoms with E-state index < -0.39 is 0 Å². The number of hydrogen-bond acceptors (Lipinski definition) is 2. The second kappa shape index (κ2) is 3.79. The smallest absolute Gasteiger partial charge is 0.0429 e. The average molecular weight is 211 g/mol. The van der Waals surface area contributed by atoms with Gasteiger partial charge in [0.1, 0.15) is 0 Å². The third kappa shape index (κ3) is 2.02. The molecule has 1 aromatic carbocycles. The maximum atomic E-state index is 5.93. The highest BCUT2D eigenvalue weighted by molar-refractivity contribution is 6.30. The quantitative estimate of drug-likeness (QED) is 0.806. The Kier molecular flexibility index (Phi) is 2.66. The summed E-state index contributed by atoms with van der Waals surface area (Å²) in [6.45, 7) is 1.06. The zero-order chi connectivity index (χ0) is 10.1. The molecule has 1 aliphatic heterocycles.